The Morgan fingerprint density at radius 3 is 2.57 bits per heavy atom. The third-order valence-electron chi connectivity index (χ3n) is 0.457. The molecule has 1 radical (unpaired) electrons. The first kappa shape index (κ1) is 7.62. The topological polar surface area (TPSA) is 0 Å². The summed E-state index contributed by atoms with van der Waals surface area (Å²) in [4.78, 5) is 0. The first-order valence-corrected chi connectivity index (χ1v) is 3.45. The molecule has 6 heteroatoms. The van der Waals surface area contributed by atoms with E-state index in [1.807, 2.05) is 13.2 Å². The van der Waals surface area contributed by atoms with E-state index in [0.29, 0.717) is 0 Å². The van der Waals surface area contributed by atoms with Gasteiger partial charge in [-0.2, -0.15) is 0 Å². The average molecular weight is 100 g/mol. The van der Waals surface area contributed by atoms with Crippen LogP contribution in [0.25, 0.3) is 0 Å². The minimum absolute atomic E-state index is 1.27. The van der Waals surface area contributed by atoms with Gasteiger partial charge in [0.1, 0.15) is 0 Å². The van der Waals surface area contributed by atoms with Crippen molar-refractivity contribution >= 4 is 42.0 Å². The monoisotopic (exact) mass is 101 g/mol. The van der Waals surface area contributed by atoms with Crippen LogP contribution >= 0.6 is 8.07 Å². The molecule has 0 amide bonds. The summed E-state index contributed by atoms with van der Waals surface area (Å²) in [7, 11) is 6.30. The molecule has 0 bridgehead atoms. The van der Waals surface area contributed by atoms with Crippen LogP contribution in [0.3, 0.4) is 0 Å². The predicted octanol–water partition coefficient (Wildman–Crippen LogP) is -0.877. The van der Waals surface area contributed by atoms with Crippen molar-refractivity contribution in [3.05, 3.63) is 0 Å². The van der Waals surface area contributed by atoms with Crippen molar-refractivity contribution in [2.45, 2.75) is 0 Å². The zero-order valence-electron chi connectivity index (χ0n) is 4.33. The second-order valence-electron chi connectivity index (χ2n) is 0.985. The molecule has 0 unspecified atom stereocenters. The summed E-state index contributed by atoms with van der Waals surface area (Å²) in [6.45, 7) is 9.31. The van der Waals surface area contributed by atoms with E-state index >= 15 is 0 Å². The van der Waals surface area contributed by atoms with Crippen LogP contribution in [-0.4, -0.2) is 40.6 Å². The van der Waals surface area contributed by atoms with Gasteiger partial charge in [0.05, 0.1) is 0 Å². The van der Waals surface area contributed by atoms with E-state index in [9.17, 15) is 0 Å². The van der Waals surface area contributed by atoms with E-state index in [4.69, 9.17) is 7.37 Å². The van der Waals surface area contributed by atoms with Crippen molar-refractivity contribution in [2.75, 3.05) is 6.66 Å². The Morgan fingerprint density at radius 2 is 2.14 bits per heavy atom. The van der Waals surface area contributed by atoms with E-state index in [1.165, 1.54) is 14.8 Å². The van der Waals surface area contributed by atoms with Crippen molar-refractivity contribution in [3.63, 3.8) is 0 Å². The molecule has 0 aromatic carbocycles. The summed E-state index contributed by atoms with van der Waals surface area (Å²) in [5.41, 5.74) is 0. The van der Waals surface area contributed by atoms with Crippen LogP contribution in [0.2, 0.25) is 0 Å². The Morgan fingerprint density at radius 1 is 1.43 bits per heavy atom. The molecule has 0 saturated heterocycles. The van der Waals surface area contributed by atoms with Crippen LogP contribution in [0.4, 0.5) is 0 Å². The Labute approximate surface area is 49.4 Å². The Balaban J connectivity index is 3.27. The van der Waals surface area contributed by atoms with Crippen molar-refractivity contribution < 1.29 is 0 Å². The van der Waals surface area contributed by atoms with Crippen LogP contribution in [-0.2, 0) is 0 Å². The Kier molecular flexibility index (Phi) is 7.22. The summed E-state index contributed by atoms with van der Waals surface area (Å²) in [6.07, 6.45) is 0. The van der Waals surface area contributed by atoms with Gasteiger partial charge in [-0.3, -0.25) is 0 Å². The third-order valence-corrected chi connectivity index (χ3v) is 0.928. The van der Waals surface area contributed by atoms with Gasteiger partial charge in [-0.25, -0.2) is 0 Å². The molecule has 0 N–H and O–H groups in total. The molecule has 0 rings (SSSR count). The summed E-state index contributed by atoms with van der Waals surface area (Å²) >= 11 is 0. The van der Waals surface area contributed by atoms with E-state index in [2.05, 4.69) is 6.66 Å². The molecule has 0 aliphatic heterocycles. The number of rotatable bonds is 2. The second-order valence-corrected chi connectivity index (χ2v) is 1.80. The Hall–Kier alpha value is 0.625. The standard InChI is InChI=1S/CH3B5P/c1-7-6-5-4-3-2/h1H3. The predicted molar refractivity (Wildman–Crippen MR) is 41.6 cm³/mol. The van der Waals surface area contributed by atoms with Crippen molar-refractivity contribution in [1.82, 2.24) is 0 Å². The molecule has 0 aliphatic carbocycles. The van der Waals surface area contributed by atoms with Gasteiger partial charge in [0.2, 0.25) is 0 Å². The maximum atomic E-state index is 5.03. The second kappa shape index (κ2) is 6.62. The maximum absolute atomic E-state index is 5.03. The van der Waals surface area contributed by atoms with Gasteiger partial charge in [0.25, 0.3) is 0 Å². The third kappa shape index (κ3) is 6.62. The van der Waals surface area contributed by atoms with Crippen LogP contribution in [0.15, 0.2) is 0 Å². The van der Waals surface area contributed by atoms with Crippen molar-refractivity contribution in [2.24, 2.45) is 0 Å². The fourth-order valence-electron chi connectivity index (χ4n) is 0.200. The quantitative estimate of drug-likeness (QED) is 0.312. The molecule has 0 aromatic heterocycles. The van der Waals surface area contributed by atoms with E-state index < -0.39 is 0 Å². The van der Waals surface area contributed by atoms with Crippen LogP contribution < -0.4 is 0 Å². The fourth-order valence-corrected chi connectivity index (χ4v) is 0.471. The van der Waals surface area contributed by atoms with Gasteiger partial charge in [-0.05, 0) is 0 Å². The zero-order valence-corrected chi connectivity index (χ0v) is 5.23. The molecule has 0 aliphatic rings. The molecular weight excluding hydrogens is 97.0 g/mol. The van der Waals surface area contributed by atoms with E-state index in [-0.39, 0.29) is 0 Å². The first-order valence-electron chi connectivity index (χ1n) is 2.04. The molecule has 7 heavy (non-hydrogen) atoms. The zero-order chi connectivity index (χ0) is 5.54. The summed E-state index contributed by atoms with van der Waals surface area (Å²) in [6, 6.07) is 0. The molecule has 0 atom stereocenters. The average Bonchev–Trinajstić information content (AvgIpc) is 1.69. The molecule has 27 valence electrons. The van der Waals surface area contributed by atoms with E-state index in [0.717, 1.165) is 0 Å². The van der Waals surface area contributed by atoms with Crippen LogP contribution in [0.1, 0.15) is 0 Å². The minimum atomic E-state index is 1.27. The van der Waals surface area contributed by atoms with Gasteiger partial charge in [0, 0.05) is 0 Å². The summed E-state index contributed by atoms with van der Waals surface area (Å²) in [5.74, 6) is 0. The number of hydrogen-bond donors (Lipinski definition) is 0. The van der Waals surface area contributed by atoms with Gasteiger partial charge in [0.15, 0.2) is 0 Å². The van der Waals surface area contributed by atoms with Crippen molar-refractivity contribution in [1.29, 1.82) is 0 Å². The van der Waals surface area contributed by atoms with Crippen LogP contribution in [0, 0.1) is 0 Å². The first-order chi connectivity index (χ1) is 3.41. The normalized spacial score (nSPS) is 6.86. The SMILES string of the molecule is [B]=BB=BB=PC. The van der Waals surface area contributed by atoms with Crippen molar-refractivity contribution in [3.8, 4) is 0 Å². The van der Waals surface area contributed by atoms with Crippen LogP contribution in [0.5, 0.6) is 0 Å². The molecule has 0 nitrogen and oxygen atoms in total. The van der Waals surface area contributed by atoms with Gasteiger partial charge < -0.3 is 0 Å². The van der Waals surface area contributed by atoms with Gasteiger partial charge in [-0.1, -0.05) is 0 Å². The molecular formula is CH3B5P. The van der Waals surface area contributed by atoms with E-state index in [1.54, 1.807) is 6.69 Å². The van der Waals surface area contributed by atoms with Gasteiger partial charge >= 0.3 is 48.7 Å². The summed E-state index contributed by atoms with van der Waals surface area (Å²) in [5, 5.41) is 0. The molecule has 0 saturated carbocycles. The molecule has 0 aromatic rings. The molecule has 0 spiro atoms. The Bertz CT molecular complexity index is 94.3. The summed E-state index contributed by atoms with van der Waals surface area (Å²) < 4.78 is 0. The molecule has 0 fully saturated rings. The number of hydrogen-bond acceptors (Lipinski definition) is 0. The molecule has 0 heterocycles. The van der Waals surface area contributed by atoms with Gasteiger partial charge in [-0.15, -0.1) is 0 Å². The fraction of sp³-hybridized carbons (Fsp3) is 1.00.